The van der Waals surface area contributed by atoms with Crippen molar-refractivity contribution in [1.82, 2.24) is 25.8 Å². The van der Waals surface area contributed by atoms with Crippen molar-refractivity contribution in [2.45, 2.75) is 138 Å². The van der Waals surface area contributed by atoms with Gasteiger partial charge < -0.3 is 35.2 Å². The van der Waals surface area contributed by atoms with Crippen LogP contribution in [-0.4, -0.2) is 108 Å². The van der Waals surface area contributed by atoms with E-state index in [4.69, 9.17) is 9.47 Å². The summed E-state index contributed by atoms with van der Waals surface area (Å²) >= 11 is 0. The number of amides is 5. The van der Waals surface area contributed by atoms with E-state index in [1.807, 2.05) is 65.8 Å². The Kier molecular flexibility index (Phi) is 19.8. The Morgan fingerprint density at radius 2 is 1.50 bits per heavy atom. The van der Waals surface area contributed by atoms with E-state index in [0.29, 0.717) is 24.8 Å². The topological polar surface area (TPSA) is 181 Å². The maximum Gasteiger partial charge on any atom is 0.334 e. The number of likely N-dealkylation sites (N-methyl/N-ethyl adjacent to an activating group) is 2. The lowest BCUT2D eigenvalue weighted by Gasteiger charge is -2.33. The molecule has 0 saturated heterocycles. The van der Waals surface area contributed by atoms with E-state index in [2.05, 4.69) is 16.0 Å². The molecule has 0 aliphatic carbocycles. The van der Waals surface area contributed by atoms with Crippen LogP contribution in [0.1, 0.15) is 100 Å². The number of hydrogen-bond donors (Lipinski definition) is 3. The Balaban J connectivity index is 2.58. The normalized spacial score (nSPS) is 27.8. The number of nitrogens with zero attached hydrogens (tertiary/aromatic N) is 2. The fraction of sp³-hybridized carbons (Fsp3) is 0.614. The minimum atomic E-state index is -1.19. The van der Waals surface area contributed by atoms with Crippen LogP contribution in [0.4, 0.5) is 0 Å². The standard InChI is InChI=1S/C44H67N5O9/c1-13-27(5)37-40(52)46-32(10)44(56)58-38(28(6)14-2)29(7)19-18-20-30(8)43(55)57-35(23-26(3)4)39(51)45-31(9)41(53)49(12)34(24-33-21-16-15-17-22-33)42(54)48(11)25-36(50)47-37/h14-17,20-22,26-27,29,31-32,34-35,37-38H,13,18-19,23-25H2,1-12H3,(H,45,51)(H,46,52)(H,47,50)/b28-14+,30-20+/t27-,29+,31+,32-,34-,35-,37+,38-/m1/s1. The van der Waals surface area contributed by atoms with Crippen LogP contribution in [0.15, 0.2) is 53.6 Å². The molecule has 14 heteroatoms. The summed E-state index contributed by atoms with van der Waals surface area (Å²) in [6, 6.07) is 4.79. The monoisotopic (exact) mass is 809 g/mol. The van der Waals surface area contributed by atoms with Crippen molar-refractivity contribution in [3.8, 4) is 0 Å². The van der Waals surface area contributed by atoms with Crippen LogP contribution in [0, 0.1) is 17.8 Å². The number of ether oxygens (including phenoxy) is 2. The molecule has 1 aliphatic heterocycles. The summed E-state index contributed by atoms with van der Waals surface area (Å²) in [7, 11) is 2.89. The van der Waals surface area contributed by atoms with Crippen molar-refractivity contribution in [2.24, 2.45) is 17.8 Å². The van der Waals surface area contributed by atoms with Gasteiger partial charge in [0.2, 0.25) is 23.6 Å². The number of benzene rings is 1. The van der Waals surface area contributed by atoms with Crippen LogP contribution < -0.4 is 16.0 Å². The highest BCUT2D eigenvalue weighted by Gasteiger charge is 2.36. The highest BCUT2D eigenvalue weighted by Crippen LogP contribution is 2.23. The molecule has 0 bridgehead atoms. The molecule has 0 aromatic heterocycles. The minimum Gasteiger partial charge on any atom is -0.456 e. The molecular weight excluding hydrogens is 743 g/mol. The summed E-state index contributed by atoms with van der Waals surface area (Å²) in [6.45, 7) is 17.2. The van der Waals surface area contributed by atoms with E-state index >= 15 is 0 Å². The molecule has 1 aliphatic rings. The third-order valence-electron chi connectivity index (χ3n) is 10.7. The maximum absolute atomic E-state index is 14.1. The Bertz CT molecular complexity index is 1660. The van der Waals surface area contributed by atoms with Gasteiger partial charge in [-0.3, -0.25) is 24.0 Å². The molecule has 5 amide bonds. The minimum absolute atomic E-state index is 0.0330. The number of rotatable bonds is 7. The number of hydrogen-bond acceptors (Lipinski definition) is 9. The average molecular weight is 810 g/mol. The molecule has 8 atom stereocenters. The summed E-state index contributed by atoms with van der Waals surface area (Å²) in [6.07, 6.45) is 3.55. The van der Waals surface area contributed by atoms with Crippen molar-refractivity contribution in [3.63, 3.8) is 0 Å². The number of allylic oxidation sites excluding steroid dienone is 2. The smallest absolute Gasteiger partial charge is 0.334 e. The first-order valence-electron chi connectivity index (χ1n) is 20.4. The van der Waals surface area contributed by atoms with Crippen LogP contribution in [0.25, 0.3) is 0 Å². The van der Waals surface area contributed by atoms with Crippen molar-refractivity contribution < 1.29 is 43.0 Å². The molecule has 3 N–H and O–H groups in total. The van der Waals surface area contributed by atoms with Gasteiger partial charge in [-0.1, -0.05) is 83.5 Å². The fourth-order valence-corrected chi connectivity index (χ4v) is 6.59. The molecule has 2 rings (SSSR count). The van der Waals surface area contributed by atoms with E-state index in [0.717, 1.165) is 11.1 Å². The molecule has 1 heterocycles. The van der Waals surface area contributed by atoms with Gasteiger partial charge in [-0.2, -0.15) is 0 Å². The SMILES string of the molecule is C/C=C(\C)[C@H]1OC(=O)[C@@H](C)NC(=O)[C@H]([C@H](C)CC)NC(=O)CN(C)C(=O)[C@@H](Cc2ccccc2)N(C)C(=O)[C@H](C)NC(=O)[C@@H](CC(C)C)OC(=O)/C(C)=C/CC[C@@H]1C. The summed E-state index contributed by atoms with van der Waals surface area (Å²) in [5.41, 5.74) is 1.86. The molecule has 1 aromatic rings. The highest BCUT2D eigenvalue weighted by atomic mass is 16.6. The van der Waals surface area contributed by atoms with Gasteiger partial charge in [0.15, 0.2) is 6.10 Å². The van der Waals surface area contributed by atoms with E-state index in [9.17, 15) is 33.6 Å². The Morgan fingerprint density at radius 1 is 0.879 bits per heavy atom. The molecular formula is C44H67N5O9. The Labute approximate surface area is 344 Å². The third-order valence-corrected chi connectivity index (χ3v) is 10.7. The summed E-state index contributed by atoms with van der Waals surface area (Å²) in [5, 5.41) is 8.15. The number of cyclic esters (lactones) is 2. The van der Waals surface area contributed by atoms with Gasteiger partial charge in [0, 0.05) is 26.1 Å². The molecule has 0 spiro atoms. The van der Waals surface area contributed by atoms with E-state index in [-0.39, 0.29) is 30.6 Å². The van der Waals surface area contributed by atoms with Gasteiger partial charge in [0.25, 0.3) is 5.91 Å². The van der Waals surface area contributed by atoms with Crippen molar-refractivity contribution in [1.29, 1.82) is 0 Å². The molecule has 1 aromatic carbocycles. The molecule has 0 fully saturated rings. The number of esters is 2. The summed E-state index contributed by atoms with van der Waals surface area (Å²) in [4.78, 5) is 97.9. The summed E-state index contributed by atoms with van der Waals surface area (Å²) in [5.74, 6) is -4.87. The highest BCUT2D eigenvalue weighted by molar-refractivity contribution is 5.96. The molecule has 0 unspecified atom stereocenters. The number of nitrogens with one attached hydrogen (secondary N) is 3. The lowest BCUT2D eigenvalue weighted by molar-refractivity contribution is -0.154. The lowest BCUT2D eigenvalue weighted by Crippen LogP contribution is -2.57. The van der Waals surface area contributed by atoms with E-state index in [1.54, 1.807) is 32.1 Å². The lowest BCUT2D eigenvalue weighted by atomic mass is 9.93. The molecule has 322 valence electrons. The van der Waals surface area contributed by atoms with Crippen molar-refractivity contribution in [3.05, 3.63) is 59.2 Å². The predicted molar refractivity (Wildman–Crippen MR) is 222 cm³/mol. The van der Waals surface area contributed by atoms with Gasteiger partial charge in [-0.15, -0.1) is 0 Å². The molecule has 14 nitrogen and oxygen atoms in total. The largest absolute Gasteiger partial charge is 0.456 e. The second-order valence-electron chi connectivity index (χ2n) is 16.1. The number of carbonyl (C=O) groups excluding carboxylic acids is 7. The van der Waals surface area contributed by atoms with Gasteiger partial charge >= 0.3 is 11.9 Å². The zero-order valence-corrected chi connectivity index (χ0v) is 36.5. The first-order chi connectivity index (χ1) is 27.2. The van der Waals surface area contributed by atoms with Crippen molar-refractivity contribution >= 4 is 41.5 Å². The first-order valence-corrected chi connectivity index (χ1v) is 20.4. The zero-order chi connectivity index (χ0) is 43.9. The van der Waals surface area contributed by atoms with Gasteiger partial charge in [-0.25, -0.2) is 9.59 Å². The van der Waals surface area contributed by atoms with Crippen LogP contribution >= 0.6 is 0 Å². The zero-order valence-electron chi connectivity index (χ0n) is 36.5. The van der Waals surface area contributed by atoms with Crippen LogP contribution in [0.2, 0.25) is 0 Å². The Morgan fingerprint density at radius 3 is 2.09 bits per heavy atom. The van der Waals surface area contributed by atoms with Gasteiger partial charge in [-0.05, 0) is 82.8 Å². The van der Waals surface area contributed by atoms with Crippen molar-refractivity contribution in [2.75, 3.05) is 20.6 Å². The second kappa shape index (κ2) is 23.4. The third kappa shape index (κ3) is 14.7. The van der Waals surface area contributed by atoms with Crippen LogP contribution in [0.5, 0.6) is 0 Å². The molecule has 0 radical (unpaired) electrons. The maximum atomic E-state index is 14.1. The average Bonchev–Trinajstić information content (AvgIpc) is 3.18. The fourth-order valence-electron chi connectivity index (χ4n) is 6.59. The van der Waals surface area contributed by atoms with Gasteiger partial charge in [0.05, 0.1) is 6.54 Å². The van der Waals surface area contributed by atoms with Gasteiger partial charge in [0.1, 0.15) is 30.3 Å². The number of carbonyl (C=O) groups is 7. The Hall–Kier alpha value is -5.01. The van der Waals surface area contributed by atoms with Crippen LogP contribution in [0.3, 0.4) is 0 Å². The summed E-state index contributed by atoms with van der Waals surface area (Å²) < 4.78 is 11.7. The predicted octanol–water partition coefficient (Wildman–Crippen LogP) is 4.27. The van der Waals surface area contributed by atoms with E-state index < -0.39 is 84.4 Å². The first kappa shape index (κ1) is 49.1. The second-order valence-corrected chi connectivity index (χ2v) is 16.1. The molecule has 0 saturated carbocycles. The molecule has 58 heavy (non-hydrogen) atoms. The van der Waals surface area contributed by atoms with E-state index in [1.165, 1.54) is 37.7 Å². The quantitative estimate of drug-likeness (QED) is 0.268. The van der Waals surface area contributed by atoms with Crippen LogP contribution in [-0.2, 0) is 49.5 Å².